The van der Waals surface area contributed by atoms with Crippen LogP contribution in [0.15, 0.2) is 58.1 Å². The van der Waals surface area contributed by atoms with Crippen LogP contribution >= 0.6 is 0 Å². The molecule has 30 heavy (non-hydrogen) atoms. The number of benzene rings is 1. The van der Waals surface area contributed by atoms with Gasteiger partial charge in [-0.05, 0) is 38.0 Å². The summed E-state index contributed by atoms with van der Waals surface area (Å²) in [5.41, 5.74) is 1.35. The number of guanidine groups is 1. The fraction of sp³-hybridized carbons (Fsp3) is 0.409. The molecule has 0 saturated carbocycles. The quantitative estimate of drug-likeness (QED) is 0.412. The van der Waals surface area contributed by atoms with Crippen LogP contribution in [-0.2, 0) is 13.1 Å². The Hall–Kier alpha value is -3.13. The number of H-pyrrole nitrogens is 1. The number of aromatic amines is 1. The zero-order valence-corrected chi connectivity index (χ0v) is 17.5. The van der Waals surface area contributed by atoms with E-state index in [0.29, 0.717) is 36.0 Å². The number of nitrogens with one attached hydrogen (secondary N) is 3. The monoisotopic (exact) mass is 407 g/mol. The van der Waals surface area contributed by atoms with E-state index >= 15 is 0 Å². The van der Waals surface area contributed by atoms with Gasteiger partial charge in [0.1, 0.15) is 12.4 Å². The first-order valence-electron chi connectivity index (χ1n) is 10.5. The number of likely N-dealkylation sites (tertiary alicyclic amines) is 1. The van der Waals surface area contributed by atoms with Crippen molar-refractivity contribution in [2.45, 2.75) is 45.4 Å². The molecule has 3 N–H and O–H groups in total. The Balaban J connectivity index is 1.35. The van der Waals surface area contributed by atoms with E-state index in [1.807, 2.05) is 12.1 Å². The minimum Gasteiger partial charge on any atom is -0.461 e. The first-order chi connectivity index (χ1) is 14.7. The van der Waals surface area contributed by atoms with Gasteiger partial charge in [-0.2, -0.15) is 0 Å². The average molecular weight is 408 g/mol. The summed E-state index contributed by atoms with van der Waals surface area (Å²) in [6, 6.07) is 15.2. The minimum absolute atomic E-state index is 0.356. The maximum absolute atomic E-state index is 5.34. The van der Waals surface area contributed by atoms with Crippen LogP contribution in [0.3, 0.4) is 0 Å². The van der Waals surface area contributed by atoms with Crippen molar-refractivity contribution >= 4 is 5.96 Å². The molecular formula is C22H29N7O. The van der Waals surface area contributed by atoms with E-state index in [1.54, 1.807) is 6.26 Å². The van der Waals surface area contributed by atoms with Crippen LogP contribution in [0.2, 0.25) is 0 Å². The highest BCUT2D eigenvalue weighted by molar-refractivity contribution is 5.80. The van der Waals surface area contributed by atoms with E-state index in [-0.39, 0.29) is 0 Å². The standard InChI is InChI=1S/C22H29N7O/c1-3-23-22(24-13-20-26-21(28-27-20)19-10-7-11-30-19)25-18-12-16(2)29(15-18)14-17-8-5-4-6-9-17/h4-11,16,18H,3,12-15H2,1-2H3,(H2,23,24,25)(H,26,27,28). The van der Waals surface area contributed by atoms with Gasteiger partial charge in [0.05, 0.1) is 6.26 Å². The van der Waals surface area contributed by atoms with Crippen molar-refractivity contribution in [1.82, 2.24) is 30.7 Å². The van der Waals surface area contributed by atoms with Gasteiger partial charge in [0, 0.05) is 31.7 Å². The molecule has 0 radical (unpaired) electrons. The van der Waals surface area contributed by atoms with Crippen LogP contribution in [0, 0.1) is 0 Å². The molecule has 3 aromatic rings. The van der Waals surface area contributed by atoms with Gasteiger partial charge in [-0.3, -0.25) is 10.00 Å². The zero-order chi connectivity index (χ0) is 20.8. The Morgan fingerprint density at radius 3 is 2.90 bits per heavy atom. The molecule has 2 atom stereocenters. The molecule has 1 aliphatic heterocycles. The number of rotatable bonds is 7. The molecule has 4 rings (SSSR count). The highest BCUT2D eigenvalue weighted by Gasteiger charge is 2.29. The number of hydrogen-bond acceptors (Lipinski definition) is 5. The second kappa shape index (κ2) is 9.58. The van der Waals surface area contributed by atoms with Crippen molar-refractivity contribution in [1.29, 1.82) is 0 Å². The largest absolute Gasteiger partial charge is 0.461 e. The number of aliphatic imine (C=N–C) groups is 1. The summed E-state index contributed by atoms with van der Waals surface area (Å²) in [6.07, 6.45) is 2.70. The smallest absolute Gasteiger partial charge is 0.216 e. The highest BCUT2D eigenvalue weighted by atomic mass is 16.3. The number of nitrogens with zero attached hydrogens (tertiary/aromatic N) is 4. The molecule has 1 aliphatic rings. The molecule has 158 valence electrons. The third-order valence-electron chi connectivity index (χ3n) is 5.28. The van der Waals surface area contributed by atoms with Crippen molar-refractivity contribution in [2.24, 2.45) is 4.99 Å². The van der Waals surface area contributed by atoms with E-state index in [9.17, 15) is 0 Å². The molecule has 1 aromatic carbocycles. The summed E-state index contributed by atoms with van der Waals surface area (Å²) in [4.78, 5) is 11.7. The molecule has 1 saturated heterocycles. The fourth-order valence-electron chi connectivity index (χ4n) is 3.79. The van der Waals surface area contributed by atoms with Gasteiger partial charge in [0.15, 0.2) is 11.7 Å². The van der Waals surface area contributed by atoms with Crippen LogP contribution < -0.4 is 10.6 Å². The van der Waals surface area contributed by atoms with Gasteiger partial charge in [-0.25, -0.2) is 9.98 Å². The molecule has 0 amide bonds. The summed E-state index contributed by atoms with van der Waals surface area (Å²) >= 11 is 0. The van der Waals surface area contributed by atoms with Crippen LogP contribution in [-0.4, -0.2) is 51.2 Å². The Kier molecular flexibility index (Phi) is 6.44. The normalized spacial score (nSPS) is 19.9. The van der Waals surface area contributed by atoms with Crippen LogP contribution in [0.5, 0.6) is 0 Å². The third-order valence-corrected chi connectivity index (χ3v) is 5.28. The number of hydrogen-bond donors (Lipinski definition) is 3. The lowest BCUT2D eigenvalue weighted by Crippen LogP contribution is -2.44. The molecule has 0 spiro atoms. The van der Waals surface area contributed by atoms with Gasteiger partial charge in [0.25, 0.3) is 0 Å². The molecular weight excluding hydrogens is 378 g/mol. The molecule has 2 unspecified atom stereocenters. The SMILES string of the molecule is CCNC(=NCc1nc(-c2ccco2)n[nH]1)NC1CC(C)N(Cc2ccccc2)C1. The summed E-state index contributed by atoms with van der Waals surface area (Å²) in [7, 11) is 0. The van der Waals surface area contributed by atoms with Crippen molar-refractivity contribution < 1.29 is 4.42 Å². The maximum Gasteiger partial charge on any atom is 0.216 e. The topological polar surface area (TPSA) is 94.4 Å². The van der Waals surface area contributed by atoms with E-state index in [0.717, 1.165) is 32.0 Å². The number of aromatic nitrogens is 3. The van der Waals surface area contributed by atoms with E-state index in [2.05, 4.69) is 79.9 Å². The van der Waals surface area contributed by atoms with Crippen LogP contribution in [0.25, 0.3) is 11.6 Å². The van der Waals surface area contributed by atoms with Crippen molar-refractivity contribution in [2.75, 3.05) is 13.1 Å². The summed E-state index contributed by atoms with van der Waals surface area (Å²) in [5.74, 6) is 2.69. The summed E-state index contributed by atoms with van der Waals surface area (Å²) in [6.45, 7) is 7.54. The predicted molar refractivity (Wildman–Crippen MR) is 117 cm³/mol. The first-order valence-corrected chi connectivity index (χ1v) is 10.5. The predicted octanol–water partition coefficient (Wildman–Crippen LogP) is 2.78. The van der Waals surface area contributed by atoms with Crippen LogP contribution in [0.4, 0.5) is 0 Å². The van der Waals surface area contributed by atoms with Crippen LogP contribution in [0.1, 0.15) is 31.7 Å². The molecule has 8 nitrogen and oxygen atoms in total. The van der Waals surface area contributed by atoms with Crippen molar-refractivity contribution in [3.05, 3.63) is 60.1 Å². The van der Waals surface area contributed by atoms with E-state index in [1.165, 1.54) is 5.56 Å². The molecule has 0 aliphatic carbocycles. The average Bonchev–Trinajstić information content (AvgIpc) is 3.49. The fourth-order valence-corrected chi connectivity index (χ4v) is 3.79. The highest BCUT2D eigenvalue weighted by Crippen LogP contribution is 2.20. The molecule has 1 fully saturated rings. The summed E-state index contributed by atoms with van der Waals surface area (Å²) < 4.78 is 5.34. The lowest BCUT2D eigenvalue weighted by molar-refractivity contribution is 0.258. The molecule has 8 heteroatoms. The minimum atomic E-state index is 0.356. The number of furan rings is 1. The summed E-state index contributed by atoms with van der Waals surface area (Å²) in [5, 5.41) is 14.1. The first kappa shape index (κ1) is 20.2. The van der Waals surface area contributed by atoms with Gasteiger partial charge in [0.2, 0.25) is 5.82 Å². The third kappa shape index (κ3) is 5.07. The Morgan fingerprint density at radius 1 is 1.27 bits per heavy atom. The van der Waals surface area contributed by atoms with E-state index < -0.39 is 0 Å². The Bertz CT molecular complexity index is 936. The molecule has 0 bridgehead atoms. The van der Waals surface area contributed by atoms with E-state index in [4.69, 9.17) is 4.42 Å². The lowest BCUT2D eigenvalue weighted by Gasteiger charge is -2.21. The molecule has 3 heterocycles. The maximum atomic E-state index is 5.34. The van der Waals surface area contributed by atoms with Gasteiger partial charge >= 0.3 is 0 Å². The van der Waals surface area contributed by atoms with Crippen molar-refractivity contribution in [3.63, 3.8) is 0 Å². The van der Waals surface area contributed by atoms with Gasteiger partial charge < -0.3 is 15.1 Å². The lowest BCUT2D eigenvalue weighted by atomic mass is 10.2. The van der Waals surface area contributed by atoms with Gasteiger partial charge in [-0.15, -0.1) is 5.10 Å². The second-order valence-corrected chi connectivity index (χ2v) is 7.62. The molecule has 2 aromatic heterocycles. The second-order valence-electron chi connectivity index (χ2n) is 7.62. The Labute approximate surface area is 176 Å². The zero-order valence-electron chi connectivity index (χ0n) is 17.5. The Morgan fingerprint density at radius 2 is 2.13 bits per heavy atom. The van der Waals surface area contributed by atoms with Crippen molar-refractivity contribution in [3.8, 4) is 11.6 Å². The van der Waals surface area contributed by atoms with Gasteiger partial charge in [-0.1, -0.05) is 30.3 Å².